The second-order valence-corrected chi connectivity index (χ2v) is 3.37. The van der Waals surface area contributed by atoms with E-state index in [-0.39, 0.29) is 38.3 Å². The fraction of sp³-hybridized carbons (Fsp3) is 0.222. The van der Waals surface area contributed by atoms with E-state index in [0.29, 0.717) is 11.0 Å². The molecule has 0 aromatic carbocycles. The Morgan fingerprint density at radius 2 is 2.36 bits per heavy atom. The molecule has 73 valence electrons. The van der Waals surface area contributed by atoms with Crippen molar-refractivity contribution in [1.82, 2.24) is 4.90 Å². The average molecular weight is 332 g/mol. The molecule has 0 aliphatic carbocycles. The van der Waals surface area contributed by atoms with Crippen molar-refractivity contribution in [3.05, 3.63) is 34.6 Å². The van der Waals surface area contributed by atoms with E-state index in [2.05, 4.69) is 28.7 Å². The summed E-state index contributed by atoms with van der Waals surface area (Å²) in [6.07, 6.45) is 4.22. The third-order valence-electron chi connectivity index (χ3n) is 1.67. The topological polar surface area (TPSA) is 40.5 Å². The molecule has 1 aliphatic heterocycles. The summed E-state index contributed by atoms with van der Waals surface area (Å²) in [6, 6.07) is 0. The van der Waals surface area contributed by atoms with E-state index in [4.69, 9.17) is 5.11 Å². The van der Waals surface area contributed by atoms with Crippen LogP contribution in [0.15, 0.2) is 28.4 Å². The maximum atomic E-state index is 10.6. The minimum Gasteiger partial charge on any atom is -0.521 e. The Balaban J connectivity index is 0.00000169. The molecule has 1 rings (SSSR count). The molecule has 3 nitrogen and oxygen atoms in total. The van der Waals surface area contributed by atoms with Gasteiger partial charge in [0.15, 0.2) is 0 Å². The van der Waals surface area contributed by atoms with Gasteiger partial charge in [-0.25, -0.2) is 0 Å². The van der Waals surface area contributed by atoms with Gasteiger partial charge in [0.2, 0.25) is 5.97 Å². The quantitative estimate of drug-likeness (QED) is 0.785. The van der Waals surface area contributed by atoms with Crippen LogP contribution in [0.3, 0.4) is 0 Å². The van der Waals surface area contributed by atoms with Crippen LogP contribution in [0.2, 0.25) is 0 Å². The van der Waals surface area contributed by atoms with Gasteiger partial charge < -0.3 is 14.8 Å². The van der Waals surface area contributed by atoms with Gasteiger partial charge >= 0.3 is 0 Å². The summed E-state index contributed by atoms with van der Waals surface area (Å²) >= 11 is 3.24. The zero-order chi connectivity index (χ0) is 10.0. The molecular formula is C9H9BrNO2Y-. The van der Waals surface area contributed by atoms with Crippen LogP contribution in [0.25, 0.3) is 0 Å². The molecule has 0 aromatic heterocycles. The van der Waals surface area contributed by atoms with Crippen LogP contribution < -0.4 is 0 Å². The Labute approximate surface area is 117 Å². The number of carbonyl (C=O) groups is 1. The van der Waals surface area contributed by atoms with E-state index >= 15 is 0 Å². The number of rotatable bonds is 2. The van der Waals surface area contributed by atoms with Crippen molar-refractivity contribution in [1.29, 1.82) is 0 Å². The standard InChI is InChI=1S/C9H9BrNO2.Y/c1-3-11-5-7(9(12)13)4-8(10)6(11)2;/h4H,2-3H2,1H3,(H,12,13);/q-1;. The number of halogens is 1. The fourth-order valence-electron chi connectivity index (χ4n) is 0.964. The van der Waals surface area contributed by atoms with Gasteiger partial charge in [0.25, 0.3) is 0 Å². The minimum atomic E-state index is -0.983. The van der Waals surface area contributed by atoms with E-state index in [1.54, 1.807) is 4.90 Å². The van der Waals surface area contributed by atoms with E-state index in [1.165, 1.54) is 6.08 Å². The fourth-order valence-corrected chi connectivity index (χ4v) is 1.41. The van der Waals surface area contributed by atoms with Gasteiger partial charge in [-0.2, -0.15) is 0 Å². The second kappa shape index (κ2) is 5.83. The normalized spacial score (nSPS) is 15.6. The molecule has 1 heterocycles. The molecule has 0 amide bonds. The Bertz CT molecular complexity index is 323. The van der Waals surface area contributed by atoms with Crippen LogP contribution in [-0.4, -0.2) is 22.5 Å². The van der Waals surface area contributed by atoms with Crippen molar-refractivity contribution < 1.29 is 42.6 Å². The molecule has 0 unspecified atom stereocenters. The number of allylic oxidation sites excluding steroid dienone is 1. The van der Waals surface area contributed by atoms with Crippen molar-refractivity contribution in [3.8, 4) is 0 Å². The van der Waals surface area contributed by atoms with Crippen LogP contribution >= 0.6 is 15.9 Å². The molecule has 14 heavy (non-hydrogen) atoms. The van der Waals surface area contributed by atoms with Crippen molar-refractivity contribution >= 4 is 21.9 Å². The Morgan fingerprint density at radius 1 is 1.79 bits per heavy atom. The summed E-state index contributed by atoms with van der Waals surface area (Å²) in [7, 11) is 0. The number of carboxylic acids is 1. The molecule has 1 radical (unpaired) electrons. The maximum Gasteiger partial charge on any atom is 0.249 e. The largest absolute Gasteiger partial charge is 0.521 e. The molecule has 0 spiro atoms. The summed E-state index contributed by atoms with van der Waals surface area (Å²) in [5.41, 5.74) is 0.869. The van der Waals surface area contributed by atoms with Crippen LogP contribution in [0.1, 0.15) is 6.92 Å². The number of hydrogen-bond donors (Lipinski definition) is 1. The predicted molar refractivity (Wildman–Crippen MR) is 52.9 cm³/mol. The minimum absolute atomic E-state index is 0. The first-order valence-electron chi connectivity index (χ1n) is 3.77. The SMILES string of the molecule is C=C1C(Br)=CC(C(=O)O)=[C-]N1CC.[Y]. The molecular weight excluding hydrogens is 323 g/mol. The summed E-state index contributed by atoms with van der Waals surface area (Å²) in [4.78, 5) is 12.3. The zero-order valence-electron chi connectivity index (χ0n) is 7.75. The molecule has 0 saturated heterocycles. The van der Waals surface area contributed by atoms with Crippen LogP contribution in [0.5, 0.6) is 0 Å². The second-order valence-electron chi connectivity index (χ2n) is 2.51. The summed E-state index contributed by atoms with van der Waals surface area (Å²) in [5, 5.41) is 8.73. The van der Waals surface area contributed by atoms with E-state index in [0.717, 1.165) is 5.70 Å². The number of likely N-dealkylation sites (N-methyl/N-ethyl adjacent to an activating group) is 1. The molecule has 0 bridgehead atoms. The van der Waals surface area contributed by atoms with Crippen molar-refractivity contribution in [2.75, 3.05) is 6.54 Å². The van der Waals surface area contributed by atoms with Crippen LogP contribution in [0.4, 0.5) is 0 Å². The number of aliphatic carboxylic acids is 1. The van der Waals surface area contributed by atoms with Gasteiger partial charge in [-0.05, 0) is 22.7 Å². The van der Waals surface area contributed by atoms with Crippen LogP contribution in [0, 0.1) is 6.20 Å². The molecule has 1 N–H and O–H groups in total. The van der Waals surface area contributed by atoms with Crippen molar-refractivity contribution in [2.45, 2.75) is 6.92 Å². The Morgan fingerprint density at radius 3 is 2.79 bits per heavy atom. The van der Waals surface area contributed by atoms with E-state index < -0.39 is 5.97 Å². The van der Waals surface area contributed by atoms with Crippen LogP contribution in [-0.2, 0) is 37.5 Å². The monoisotopic (exact) mass is 331 g/mol. The summed E-state index contributed by atoms with van der Waals surface area (Å²) < 4.78 is 0.686. The van der Waals surface area contributed by atoms with Gasteiger partial charge in [-0.1, -0.05) is 22.1 Å². The van der Waals surface area contributed by atoms with E-state index in [9.17, 15) is 4.79 Å². The van der Waals surface area contributed by atoms with E-state index in [1.807, 2.05) is 6.92 Å². The molecule has 1 aliphatic rings. The molecule has 5 heteroatoms. The van der Waals surface area contributed by atoms with Gasteiger partial charge in [0, 0.05) is 39.3 Å². The first-order chi connectivity index (χ1) is 6.06. The molecule has 0 aromatic rings. The zero-order valence-corrected chi connectivity index (χ0v) is 12.2. The third kappa shape index (κ3) is 3.04. The van der Waals surface area contributed by atoms with Gasteiger partial charge in [-0.3, -0.25) is 0 Å². The van der Waals surface area contributed by atoms with Crippen molar-refractivity contribution in [2.24, 2.45) is 0 Å². The number of nitrogens with zero attached hydrogens (tertiary/aromatic N) is 1. The maximum absolute atomic E-state index is 10.6. The smallest absolute Gasteiger partial charge is 0.249 e. The Hall–Kier alpha value is 0.0739. The first kappa shape index (κ1) is 14.1. The van der Waals surface area contributed by atoms with Gasteiger partial charge in [0.05, 0.1) is 0 Å². The summed E-state index contributed by atoms with van der Waals surface area (Å²) in [6.45, 7) is 6.34. The summed E-state index contributed by atoms with van der Waals surface area (Å²) in [5.74, 6) is -0.983. The van der Waals surface area contributed by atoms with Crippen molar-refractivity contribution in [3.63, 3.8) is 0 Å². The molecule has 0 saturated carbocycles. The van der Waals surface area contributed by atoms with Gasteiger partial charge in [-0.15, -0.1) is 12.7 Å². The number of carboxylic acid groups (broad SMARTS) is 1. The first-order valence-corrected chi connectivity index (χ1v) is 4.56. The average Bonchev–Trinajstić information content (AvgIpc) is 2.09. The predicted octanol–water partition coefficient (Wildman–Crippen LogP) is 1.88. The molecule has 0 atom stereocenters. The molecule has 0 fully saturated rings. The Kier molecular flexibility index (Phi) is 5.87. The number of hydrogen-bond acceptors (Lipinski definition) is 2. The third-order valence-corrected chi connectivity index (χ3v) is 2.36. The van der Waals surface area contributed by atoms with Gasteiger partial charge in [0.1, 0.15) is 0 Å².